The van der Waals surface area contributed by atoms with Crippen molar-refractivity contribution in [3.05, 3.63) is 62.1 Å². The van der Waals surface area contributed by atoms with Crippen molar-refractivity contribution in [1.29, 1.82) is 5.26 Å². The minimum absolute atomic E-state index is 0.0430. The summed E-state index contributed by atoms with van der Waals surface area (Å²) in [6, 6.07) is 11.0. The number of hydrogen-bond donors (Lipinski definition) is 1. The zero-order valence-electron chi connectivity index (χ0n) is 12.0. The first-order valence-corrected chi connectivity index (χ1v) is 7.18. The summed E-state index contributed by atoms with van der Waals surface area (Å²) in [4.78, 5) is 10.3. The van der Waals surface area contributed by atoms with Crippen LogP contribution in [0.3, 0.4) is 0 Å². The highest BCUT2D eigenvalue weighted by molar-refractivity contribution is 9.10. The summed E-state index contributed by atoms with van der Waals surface area (Å²) >= 11 is 3.21. The van der Waals surface area contributed by atoms with Crippen molar-refractivity contribution in [2.75, 3.05) is 7.11 Å². The van der Waals surface area contributed by atoms with E-state index in [9.17, 15) is 20.5 Å². The van der Waals surface area contributed by atoms with Gasteiger partial charge in [-0.1, -0.05) is 12.1 Å². The second kappa shape index (κ2) is 6.94. The molecule has 116 valence electrons. The van der Waals surface area contributed by atoms with Crippen molar-refractivity contribution in [2.24, 2.45) is 0 Å². The maximum absolute atomic E-state index is 10.8. The second-order valence-electron chi connectivity index (χ2n) is 4.53. The van der Waals surface area contributed by atoms with Crippen molar-refractivity contribution in [3.8, 4) is 17.6 Å². The van der Waals surface area contributed by atoms with Gasteiger partial charge in [0, 0.05) is 12.1 Å². The molecular weight excluding hydrogens is 364 g/mol. The fraction of sp³-hybridized carbons (Fsp3) is 0.0625. The molecule has 1 N–H and O–H groups in total. The number of phenolic OH excluding ortho intramolecular Hbond substituents is 1. The lowest BCUT2D eigenvalue weighted by molar-refractivity contribution is -0.384. The lowest BCUT2D eigenvalue weighted by Gasteiger charge is -2.07. The number of hydrogen-bond acceptors (Lipinski definition) is 5. The molecule has 2 rings (SSSR count). The average Bonchev–Trinajstić information content (AvgIpc) is 2.55. The molecule has 0 aliphatic rings. The molecule has 0 aromatic heterocycles. The molecule has 0 saturated carbocycles. The molecular formula is C16H11BrN2O4. The van der Waals surface area contributed by atoms with Crippen LogP contribution in [0.2, 0.25) is 0 Å². The van der Waals surface area contributed by atoms with Crippen LogP contribution in [0.25, 0.3) is 11.6 Å². The first kappa shape index (κ1) is 16.5. The van der Waals surface area contributed by atoms with Gasteiger partial charge in [-0.2, -0.15) is 5.26 Å². The highest BCUT2D eigenvalue weighted by Crippen LogP contribution is 2.36. The lowest BCUT2D eigenvalue weighted by atomic mass is 10.0. The van der Waals surface area contributed by atoms with Crippen LogP contribution < -0.4 is 4.74 Å². The van der Waals surface area contributed by atoms with E-state index >= 15 is 0 Å². The summed E-state index contributed by atoms with van der Waals surface area (Å²) in [6.45, 7) is 0. The van der Waals surface area contributed by atoms with E-state index in [1.54, 1.807) is 24.3 Å². The van der Waals surface area contributed by atoms with Crippen LogP contribution in [-0.2, 0) is 0 Å². The Kier molecular flexibility index (Phi) is 4.98. The van der Waals surface area contributed by atoms with Gasteiger partial charge in [-0.15, -0.1) is 0 Å². The molecule has 0 saturated heterocycles. The Morgan fingerprint density at radius 3 is 2.78 bits per heavy atom. The standard InChI is InChI=1S/C16H11BrN2O4/c1-23-15-7-10(6-14(17)16(15)20)5-12(9-18)11-3-2-4-13(8-11)19(21)22/h2-8,20H,1H3/b12-5-. The van der Waals surface area contributed by atoms with E-state index in [1.807, 2.05) is 6.07 Å². The van der Waals surface area contributed by atoms with Gasteiger partial charge in [-0.05, 0) is 45.3 Å². The predicted octanol–water partition coefficient (Wildman–Crippen LogP) is 4.14. The number of non-ortho nitro benzene ring substituents is 1. The number of nitro groups is 1. The van der Waals surface area contributed by atoms with E-state index in [0.29, 0.717) is 15.6 Å². The van der Waals surface area contributed by atoms with Crippen molar-refractivity contribution >= 4 is 33.3 Å². The Hall–Kier alpha value is -2.85. The van der Waals surface area contributed by atoms with Crippen LogP contribution in [0.4, 0.5) is 5.69 Å². The monoisotopic (exact) mass is 374 g/mol. The van der Waals surface area contributed by atoms with Crippen molar-refractivity contribution in [3.63, 3.8) is 0 Å². The first-order valence-electron chi connectivity index (χ1n) is 6.39. The molecule has 7 heteroatoms. The number of ether oxygens (including phenoxy) is 1. The van der Waals surface area contributed by atoms with Crippen LogP contribution in [-0.4, -0.2) is 17.1 Å². The van der Waals surface area contributed by atoms with E-state index in [4.69, 9.17) is 4.74 Å². The molecule has 0 heterocycles. The van der Waals surface area contributed by atoms with Gasteiger partial charge in [-0.3, -0.25) is 10.1 Å². The molecule has 0 atom stereocenters. The summed E-state index contributed by atoms with van der Waals surface area (Å²) in [6.07, 6.45) is 1.56. The fourth-order valence-electron chi connectivity index (χ4n) is 1.97. The number of nitriles is 1. The molecule has 6 nitrogen and oxygen atoms in total. The normalized spacial score (nSPS) is 10.9. The Morgan fingerprint density at radius 1 is 1.43 bits per heavy atom. The average molecular weight is 375 g/mol. The predicted molar refractivity (Wildman–Crippen MR) is 88.9 cm³/mol. The summed E-state index contributed by atoms with van der Waals surface area (Å²) in [5, 5.41) is 30.0. The highest BCUT2D eigenvalue weighted by atomic mass is 79.9. The third kappa shape index (κ3) is 3.67. The quantitative estimate of drug-likeness (QED) is 0.375. The molecule has 2 aromatic carbocycles. The molecule has 0 unspecified atom stereocenters. The number of nitrogens with zero attached hydrogens (tertiary/aromatic N) is 2. The van der Waals surface area contributed by atoms with E-state index in [-0.39, 0.29) is 22.8 Å². The zero-order valence-corrected chi connectivity index (χ0v) is 13.6. The Balaban J connectivity index is 2.52. The van der Waals surface area contributed by atoms with Gasteiger partial charge in [0.1, 0.15) is 0 Å². The van der Waals surface area contributed by atoms with Crippen LogP contribution in [0.15, 0.2) is 40.9 Å². The zero-order chi connectivity index (χ0) is 17.0. The third-order valence-electron chi connectivity index (χ3n) is 3.07. The molecule has 2 aromatic rings. The summed E-state index contributed by atoms with van der Waals surface area (Å²) in [7, 11) is 1.42. The summed E-state index contributed by atoms with van der Waals surface area (Å²) in [5.74, 6) is 0.209. The van der Waals surface area contributed by atoms with Gasteiger partial charge in [0.2, 0.25) is 0 Å². The largest absolute Gasteiger partial charge is 0.503 e. The topological polar surface area (TPSA) is 96.4 Å². The number of aromatic hydroxyl groups is 1. The molecule has 0 fully saturated rings. The summed E-state index contributed by atoms with van der Waals surface area (Å²) in [5.41, 5.74) is 1.21. The van der Waals surface area contributed by atoms with Crippen LogP contribution in [0, 0.1) is 21.4 Å². The highest BCUT2D eigenvalue weighted by Gasteiger charge is 2.11. The number of allylic oxidation sites excluding steroid dienone is 1. The van der Waals surface area contributed by atoms with Gasteiger partial charge < -0.3 is 9.84 Å². The van der Waals surface area contributed by atoms with Gasteiger partial charge in [0.05, 0.1) is 28.1 Å². The van der Waals surface area contributed by atoms with Gasteiger partial charge in [0.15, 0.2) is 11.5 Å². The molecule has 0 aliphatic carbocycles. The number of methoxy groups -OCH3 is 1. The van der Waals surface area contributed by atoms with Gasteiger partial charge >= 0.3 is 0 Å². The first-order chi connectivity index (χ1) is 11.0. The summed E-state index contributed by atoms with van der Waals surface area (Å²) < 4.78 is 5.47. The number of phenols is 1. The SMILES string of the molecule is COc1cc(/C=C(/C#N)c2cccc([N+](=O)[O-])c2)cc(Br)c1O. The van der Waals surface area contributed by atoms with Crippen LogP contribution in [0.5, 0.6) is 11.5 Å². The maximum Gasteiger partial charge on any atom is 0.270 e. The van der Waals surface area contributed by atoms with Crippen molar-refractivity contribution in [2.45, 2.75) is 0 Å². The van der Waals surface area contributed by atoms with E-state index < -0.39 is 4.92 Å². The fourth-order valence-corrected chi connectivity index (χ4v) is 2.43. The minimum Gasteiger partial charge on any atom is -0.503 e. The smallest absolute Gasteiger partial charge is 0.270 e. The lowest BCUT2D eigenvalue weighted by Crippen LogP contribution is -1.90. The molecule has 0 bridgehead atoms. The molecule has 0 radical (unpaired) electrons. The molecule has 0 spiro atoms. The van der Waals surface area contributed by atoms with Crippen molar-refractivity contribution < 1.29 is 14.8 Å². The third-order valence-corrected chi connectivity index (χ3v) is 3.67. The van der Waals surface area contributed by atoms with Crippen molar-refractivity contribution in [1.82, 2.24) is 0 Å². The van der Waals surface area contributed by atoms with Gasteiger partial charge in [0.25, 0.3) is 5.69 Å². The Bertz CT molecular complexity index is 840. The number of rotatable bonds is 4. The van der Waals surface area contributed by atoms with E-state index in [1.165, 1.54) is 25.3 Å². The number of halogens is 1. The Labute approximate surface area is 140 Å². The molecule has 23 heavy (non-hydrogen) atoms. The maximum atomic E-state index is 10.8. The minimum atomic E-state index is -0.515. The molecule has 0 aliphatic heterocycles. The van der Waals surface area contributed by atoms with E-state index in [0.717, 1.165) is 0 Å². The molecule has 0 amide bonds. The van der Waals surface area contributed by atoms with E-state index in [2.05, 4.69) is 15.9 Å². The van der Waals surface area contributed by atoms with Crippen LogP contribution in [0.1, 0.15) is 11.1 Å². The van der Waals surface area contributed by atoms with Crippen LogP contribution >= 0.6 is 15.9 Å². The Morgan fingerprint density at radius 2 is 2.17 bits per heavy atom. The number of benzene rings is 2. The second-order valence-corrected chi connectivity index (χ2v) is 5.39. The van der Waals surface area contributed by atoms with Gasteiger partial charge in [-0.25, -0.2) is 0 Å². The number of nitro benzene ring substituents is 1.